The van der Waals surface area contributed by atoms with Gasteiger partial charge in [0.25, 0.3) is 0 Å². The number of halogens is 1. The highest BCUT2D eigenvalue weighted by atomic mass is 79.9. The Kier molecular flexibility index (Phi) is 3.76. The molecule has 72 valence electrons. The molecule has 0 bridgehead atoms. The van der Waals surface area contributed by atoms with Gasteiger partial charge >= 0.3 is 5.97 Å². The van der Waals surface area contributed by atoms with Crippen molar-refractivity contribution in [1.82, 2.24) is 0 Å². The van der Waals surface area contributed by atoms with Crippen LogP contribution in [0.5, 0.6) is 0 Å². The molecule has 0 aliphatic carbocycles. The maximum Gasteiger partial charge on any atom is 0.323 e. The van der Waals surface area contributed by atoms with Gasteiger partial charge in [-0.15, -0.1) is 0 Å². The Labute approximate surface area is 82.8 Å². The van der Waals surface area contributed by atoms with Crippen molar-refractivity contribution in [3.05, 3.63) is 0 Å². The minimum absolute atomic E-state index is 0.197. The van der Waals surface area contributed by atoms with Gasteiger partial charge in [0.1, 0.15) is 9.93 Å². The zero-order valence-electron chi connectivity index (χ0n) is 8.40. The third-order valence-corrected chi connectivity index (χ3v) is 2.37. The summed E-state index contributed by atoms with van der Waals surface area (Å²) in [6.07, 6.45) is 0.724. The van der Waals surface area contributed by atoms with Crippen LogP contribution in [0.25, 0.3) is 0 Å². The van der Waals surface area contributed by atoms with E-state index in [1.165, 1.54) is 0 Å². The van der Waals surface area contributed by atoms with Gasteiger partial charge in [0.05, 0.1) is 0 Å². The van der Waals surface area contributed by atoms with E-state index in [4.69, 9.17) is 4.74 Å². The van der Waals surface area contributed by atoms with Crippen LogP contribution in [0.1, 0.15) is 41.0 Å². The Balaban J connectivity index is 4.23. The molecule has 0 amide bonds. The normalized spacial score (nSPS) is 16.8. The second-order valence-electron chi connectivity index (χ2n) is 4.05. The number of carbonyl (C=O) groups excluding carboxylic acids is 1. The minimum atomic E-state index is -0.541. The molecule has 0 aliphatic heterocycles. The summed E-state index contributed by atoms with van der Waals surface area (Å²) < 4.78 is 4.67. The van der Waals surface area contributed by atoms with Gasteiger partial charge in [0.15, 0.2) is 0 Å². The summed E-state index contributed by atoms with van der Waals surface area (Å²) in [5.74, 6) is -0.197. The number of alkyl halides is 1. The fourth-order valence-corrected chi connectivity index (χ4v) is 0.610. The molecule has 1 atom stereocenters. The van der Waals surface area contributed by atoms with Gasteiger partial charge in [0.2, 0.25) is 0 Å². The lowest BCUT2D eigenvalue weighted by atomic mass is 10.1. The Bertz CT molecular complexity index is 168. The number of ether oxygens (including phenoxy) is 1. The van der Waals surface area contributed by atoms with E-state index in [1.807, 2.05) is 34.6 Å². The summed E-state index contributed by atoms with van der Waals surface area (Å²) in [4.78, 5) is 11.4. The molecular weight excluding hydrogens is 220 g/mol. The molecule has 2 nitrogen and oxygen atoms in total. The first-order chi connectivity index (χ1) is 5.19. The van der Waals surface area contributed by atoms with E-state index in [2.05, 4.69) is 15.9 Å². The fraction of sp³-hybridized carbons (Fsp3) is 0.889. The molecule has 0 fully saturated rings. The number of rotatable bonds is 2. The van der Waals surface area contributed by atoms with Crippen molar-refractivity contribution >= 4 is 21.9 Å². The van der Waals surface area contributed by atoms with Crippen LogP contribution in [0.15, 0.2) is 0 Å². The standard InChI is InChI=1S/C9H17BrO2/c1-6-9(5,10)7(11)12-8(2,3)4/h6H2,1-5H3. The molecule has 0 aromatic rings. The maximum absolute atomic E-state index is 11.4. The highest BCUT2D eigenvalue weighted by Crippen LogP contribution is 2.25. The van der Waals surface area contributed by atoms with E-state index in [-0.39, 0.29) is 5.97 Å². The summed E-state index contributed by atoms with van der Waals surface area (Å²) in [5, 5.41) is 0. The molecule has 0 saturated carbocycles. The highest BCUT2D eigenvalue weighted by Gasteiger charge is 2.32. The predicted octanol–water partition coefficient (Wildman–Crippen LogP) is 2.89. The zero-order chi connectivity index (χ0) is 9.99. The highest BCUT2D eigenvalue weighted by molar-refractivity contribution is 9.10. The van der Waals surface area contributed by atoms with Crippen molar-refractivity contribution in [2.45, 2.75) is 51.0 Å². The monoisotopic (exact) mass is 236 g/mol. The zero-order valence-corrected chi connectivity index (χ0v) is 9.99. The van der Waals surface area contributed by atoms with Gasteiger partial charge in [-0.2, -0.15) is 0 Å². The average molecular weight is 237 g/mol. The quantitative estimate of drug-likeness (QED) is 0.545. The summed E-state index contributed by atoms with van der Waals surface area (Å²) >= 11 is 3.32. The van der Waals surface area contributed by atoms with Crippen molar-refractivity contribution in [2.24, 2.45) is 0 Å². The van der Waals surface area contributed by atoms with Crippen LogP contribution >= 0.6 is 15.9 Å². The summed E-state index contributed by atoms with van der Waals surface area (Å²) in [6.45, 7) is 9.36. The molecule has 0 spiro atoms. The minimum Gasteiger partial charge on any atom is -0.459 e. The molecular formula is C9H17BrO2. The number of hydrogen-bond donors (Lipinski definition) is 0. The van der Waals surface area contributed by atoms with E-state index in [0.29, 0.717) is 0 Å². The van der Waals surface area contributed by atoms with Crippen LogP contribution < -0.4 is 0 Å². The predicted molar refractivity (Wildman–Crippen MR) is 53.5 cm³/mol. The molecule has 0 heterocycles. The average Bonchev–Trinajstić information content (AvgIpc) is 1.84. The SMILES string of the molecule is CCC(C)(Br)C(=O)OC(C)(C)C. The van der Waals surface area contributed by atoms with Crippen molar-refractivity contribution in [3.63, 3.8) is 0 Å². The van der Waals surface area contributed by atoms with Gasteiger partial charge < -0.3 is 4.74 Å². The van der Waals surface area contributed by atoms with Crippen molar-refractivity contribution < 1.29 is 9.53 Å². The number of esters is 1. The topological polar surface area (TPSA) is 26.3 Å². The third-order valence-electron chi connectivity index (χ3n) is 1.49. The summed E-state index contributed by atoms with van der Waals surface area (Å²) in [5.41, 5.74) is -0.402. The van der Waals surface area contributed by atoms with E-state index in [9.17, 15) is 4.79 Å². The summed E-state index contributed by atoms with van der Waals surface area (Å²) in [7, 11) is 0. The van der Waals surface area contributed by atoms with Crippen LogP contribution in [0.2, 0.25) is 0 Å². The molecule has 0 aromatic heterocycles. The first-order valence-electron chi connectivity index (χ1n) is 4.11. The molecule has 0 aliphatic rings. The Hall–Kier alpha value is -0.0500. The first kappa shape index (κ1) is 11.9. The van der Waals surface area contributed by atoms with Crippen molar-refractivity contribution in [1.29, 1.82) is 0 Å². The Morgan fingerprint density at radius 3 is 2.00 bits per heavy atom. The van der Waals surface area contributed by atoms with Crippen molar-refractivity contribution in [2.75, 3.05) is 0 Å². The van der Waals surface area contributed by atoms with Gasteiger partial charge in [-0.3, -0.25) is 4.79 Å². The van der Waals surface area contributed by atoms with Gasteiger partial charge in [0, 0.05) is 0 Å². The van der Waals surface area contributed by atoms with E-state index in [1.54, 1.807) is 0 Å². The third kappa shape index (κ3) is 4.10. The molecule has 0 aromatic carbocycles. The molecule has 3 heteroatoms. The van der Waals surface area contributed by atoms with E-state index >= 15 is 0 Å². The van der Waals surface area contributed by atoms with Crippen LogP contribution in [-0.2, 0) is 9.53 Å². The van der Waals surface area contributed by atoms with E-state index < -0.39 is 9.93 Å². The maximum atomic E-state index is 11.4. The van der Waals surface area contributed by atoms with Gasteiger partial charge in [-0.1, -0.05) is 22.9 Å². The molecule has 1 unspecified atom stereocenters. The van der Waals surface area contributed by atoms with Gasteiger partial charge in [-0.25, -0.2) is 0 Å². The second-order valence-corrected chi connectivity index (χ2v) is 5.80. The fourth-order valence-electron chi connectivity index (χ4n) is 0.529. The van der Waals surface area contributed by atoms with Gasteiger partial charge in [-0.05, 0) is 34.1 Å². The van der Waals surface area contributed by atoms with Crippen LogP contribution in [0.3, 0.4) is 0 Å². The lowest BCUT2D eigenvalue weighted by Crippen LogP contribution is -2.35. The van der Waals surface area contributed by atoms with E-state index in [0.717, 1.165) is 6.42 Å². The van der Waals surface area contributed by atoms with Crippen molar-refractivity contribution in [3.8, 4) is 0 Å². The van der Waals surface area contributed by atoms with Crippen LogP contribution in [0.4, 0.5) is 0 Å². The lowest BCUT2D eigenvalue weighted by molar-refractivity contribution is -0.157. The Morgan fingerprint density at radius 2 is 1.75 bits per heavy atom. The second kappa shape index (κ2) is 3.77. The molecule has 12 heavy (non-hydrogen) atoms. The molecule has 0 rings (SSSR count). The number of carbonyl (C=O) groups is 1. The lowest BCUT2D eigenvalue weighted by Gasteiger charge is -2.26. The molecule has 0 N–H and O–H groups in total. The van der Waals surface area contributed by atoms with Crippen LogP contribution in [0, 0.1) is 0 Å². The number of hydrogen-bond acceptors (Lipinski definition) is 2. The molecule has 0 radical (unpaired) electrons. The van der Waals surface area contributed by atoms with Crippen LogP contribution in [-0.4, -0.2) is 15.9 Å². The molecule has 0 saturated heterocycles. The Morgan fingerprint density at radius 1 is 1.33 bits per heavy atom. The summed E-state index contributed by atoms with van der Waals surface area (Å²) in [6, 6.07) is 0. The largest absolute Gasteiger partial charge is 0.459 e. The first-order valence-corrected chi connectivity index (χ1v) is 4.91. The smallest absolute Gasteiger partial charge is 0.323 e.